The van der Waals surface area contributed by atoms with Gasteiger partial charge in [-0.05, 0) is 19.4 Å². The van der Waals surface area contributed by atoms with Gasteiger partial charge in [0.1, 0.15) is 0 Å². The predicted molar refractivity (Wildman–Crippen MR) is 59.4 cm³/mol. The van der Waals surface area contributed by atoms with E-state index in [2.05, 4.69) is 4.99 Å². The van der Waals surface area contributed by atoms with E-state index in [4.69, 9.17) is 5.41 Å². The van der Waals surface area contributed by atoms with Gasteiger partial charge in [-0.2, -0.15) is 0 Å². The molecule has 0 aromatic carbocycles. The number of aliphatic imine (C=N–C) groups is 1. The van der Waals surface area contributed by atoms with Crippen LogP contribution in [0.2, 0.25) is 0 Å². The summed E-state index contributed by atoms with van der Waals surface area (Å²) in [5, 5.41) is 6.72. The van der Waals surface area contributed by atoms with Gasteiger partial charge in [-0.25, -0.2) is 0 Å². The zero-order valence-corrected chi connectivity index (χ0v) is 9.18. The van der Waals surface area contributed by atoms with Gasteiger partial charge in [0.05, 0.1) is 0 Å². The summed E-state index contributed by atoms with van der Waals surface area (Å²) in [5.41, 5.74) is 0.864. The van der Waals surface area contributed by atoms with Gasteiger partial charge < -0.3 is 5.41 Å². The third-order valence-electron chi connectivity index (χ3n) is 0.655. The summed E-state index contributed by atoms with van der Waals surface area (Å²) >= 11 is 0. The quantitative estimate of drug-likeness (QED) is 0.614. The van der Waals surface area contributed by atoms with Crippen molar-refractivity contribution in [3.05, 3.63) is 11.8 Å². The van der Waals surface area contributed by atoms with Crippen LogP contribution < -0.4 is 0 Å². The van der Waals surface area contributed by atoms with Crippen LogP contribution in [0.1, 0.15) is 41.5 Å². The molecule has 0 aromatic rings. The number of nitrogens with zero attached hydrogens (tertiary/aromatic N) is 1. The highest BCUT2D eigenvalue weighted by Gasteiger charge is 1.72. The Kier molecular flexibility index (Phi) is 32.3. The third kappa shape index (κ3) is 23.0. The highest BCUT2D eigenvalue weighted by molar-refractivity contribution is 5.74. The van der Waals surface area contributed by atoms with Crippen LogP contribution >= 0.6 is 0 Å². The minimum atomic E-state index is 0.864. The topological polar surface area (TPSA) is 36.2 Å². The molecular formula is C10H22N2. The van der Waals surface area contributed by atoms with Crippen LogP contribution in [0, 0.1) is 5.41 Å². The summed E-state index contributed by atoms with van der Waals surface area (Å²) in [6, 6.07) is 0. The van der Waals surface area contributed by atoms with Gasteiger partial charge in [-0.1, -0.05) is 27.7 Å². The predicted octanol–water partition coefficient (Wildman–Crippen LogP) is 3.68. The van der Waals surface area contributed by atoms with Crippen molar-refractivity contribution in [1.82, 2.24) is 0 Å². The molecule has 0 rings (SSSR count). The van der Waals surface area contributed by atoms with E-state index in [0.717, 1.165) is 5.57 Å². The zero-order chi connectivity index (χ0) is 10.4. The average molecular weight is 170 g/mol. The van der Waals surface area contributed by atoms with Crippen molar-refractivity contribution in [2.75, 3.05) is 0 Å². The first-order valence-corrected chi connectivity index (χ1v) is 4.46. The Morgan fingerprint density at radius 2 is 1.58 bits per heavy atom. The molecule has 0 fully saturated rings. The normalized spacial score (nSPS) is 9.33. The number of hydrogen-bond donors (Lipinski definition) is 1. The fourth-order valence-electron chi connectivity index (χ4n) is 0.229. The summed E-state index contributed by atoms with van der Waals surface area (Å²) in [6.45, 7) is 11.7. The lowest BCUT2D eigenvalue weighted by atomic mass is 10.4. The maximum absolute atomic E-state index is 6.72. The largest absolute Gasteiger partial charge is 0.308 e. The summed E-state index contributed by atoms with van der Waals surface area (Å²) in [5.74, 6) is 0. The number of rotatable bonds is 2. The van der Waals surface area contributed by atoms with Gasteiger partial charge in [0, 0.05) is 18.6 Å². The van der Waals surface area contributed by atoms with Crippen molar-refractivity contribution >= 4 is 12.4 Å². The lowest BCUT2D eigenvalue weighted by Crippen LogP contribution is -1.71. The third-order valence-corrected chi connectivity index (χ3v) is 0.655. The SMILES string of the molecule is CC.CC.CC=N/C=C(/C)C=N. The first kappa shape index (κ1) is 17.2. The summed E-state index contributed by atoms with van der Waals surface area (Å²) in [6.07, 6.45) is 4.60. The van der Waals surface area contributed by atoms with Crippen LogP contribution in [0.3, 0.4) is 0 Å². The highest BCUT2D eigenvalue weighted by atomic mass is 14.7. The van der Waals surface area contributed by atoms with Gasteiger partial charge in [-0.15, -0.1) is 0 Å². The van der Waals surface area contributed by atoms with E-state index in [1.165, 1.54) is 6.21 Å². The van der Waals surface area contributed by atoms with Gasteiger partial charge >= 0.3 is 0 Å². The van der Waals surface area contributed by atoms with Crippen molar-refractivity contribution in [3.8, 4) is 0 Å². The molecule has 0 saturated heterocycles. The second-order valence-corrected chi connectivity index (χ2v) is 1.42. The smallest absolute Gasteiger partial charge is 0.0308 e. The molecule has 0 amide bonds. The van der Waals surface area contributed by atoms with Gasteiger partial charge in [0.25, 0.3) is 0 Å². The number of hydrogen-bond acceptors (Lipinski definition) is 2. The first-order chi connectivity index (χ1) is 5.81. The van der Waals surface area contributed by atoms with E-state index in [0.29, 0.717) is 0 Å². The highest BCUT2D eigenvalue weighted by Crippen LogP contribution is 1.84. The molecule has 2 heteroatoms. The second kappa shape index (κ2) is 22.5. The Morgan fingerprint density at radius 3 is 1.83 bits per heavy atom. The number of nitrogens with one attached hydrogen (secondary N) is 1. The molecule has 2 nitrogen and oxygen atoms in total. The lowest BCUT2D eigenvalue weighted by Gasteiger charge is -1.79. The molecule has 0 unspecified atom stereocenters. The van der Waals surface area contributed by atoms with Crippen molar-refractivity contribution in [1.29, 1.82) is 5.41 Å². The minimum absolute atomic E-state index is 0.864. The number of allylic oxidation sites excluding steroid dienone is 1. The Balaban J connectivity index is -0.000000175. The van der Waals surface area contributed by atoms with E-state index < -0.39 is 0 Å². The molecule has 0 heterocycles. The molecule has 0 aliphatic rings. The fourth-order valence-corrected chi connectivity index (χ4v) is 0.229. The van der Waals surface area contributed by atoms with Crippen molar-refractivity contribution in [2.24, 2.45) is 4.99 Å². The van der Waals surface area contributed by atoms with Crippen molar-refractivity contribution < 1.29 is 0 Å². The van der Waals surface area contributed by atoms with Gasteiger partial charge in [0.15, 0.2) is 0 Å². The van der Waals surface area contributed by atoms with Crippen molar-refractivity contribution in [2.45, 2.75) is 41.5 Å². The molecule has 0 radical (unpaired) electrons. The van der Waals surface area contributed by atoms with E-state index in [9.17, 15) is 0 Å². The molecule has 0 bridgehead atoms. The minimum Gasteiger partial charge on any atom is -0.308 e. The molecule has 72 valence electrons. The maximum atomic E-state index is 6.72. The van der Waals surface area contributed by atoms with Crippen LogP contribution in [0.4, 0.5) is 0 Å². The Hall–Kier alpha value is -0.920. The molecule has 0 atom stereocenters. The Labute approximate surface area is 76.9 Å². The van der Waals surface area contributed by atoms with Crippen LogP contribution in [-0.4, -0.2) is 12.4 Å². The van der Waals surface area contributed by atoms with Crippen molar-refractivity contribution in [3.63, 3.8) is 0 Å². The van der Waals surface area contributed by atoms with E-state index in [1.807, 2.05) is 41.5 Å². The Bertz CT molecular complexity index is 124. The lowest BCUT2D eigenvalue weighted by molar-refractivity contribution is 1.44. The molecule has 12 heavy (non-hydrogen) atoms. The molecule has 0 spiro atoms. The summed E-state index contributed by atoms with van der Waals surface area (Å²) in [4.78, 5) is 3.80. The van der Waals surface area contributed by atoms with Crippen LogP contribution in [0.25, 0.3) is 0 Å². The van der Waals surface area contributed by atoms with E-state index in [-0.39, 0.29) is 0 Å². The zero-order valence-electron chi connectivity index (χ0n) is 9.18. The van der Waals surface area contributed by atoms with E-state index in [1.54, 1.807) is 12.4 Å². The maximum Gasteiger partial charge on any atom is 0.0308 e. The van der Waals surface area contributed by atoms with E-state index >= 15 is 0 Å². The standard InChI is InChI=1S/C6H10N2.2C2H6/c1-3-8-5-6(2)4-7;2*1-2/h3-5,7H,1-2H3;2*1-2H3/b6-5-,7-4?,8-3?;;. The monoisotopic (exact) mass is 170 g/mol. The fraction of sp³-hybridized carbons (Fsp3) is 0.600. The average Bonchev–Trinajstić information content (AvgIpc) is 2.20. The van der Waals surface area contributed by atoms with Gasteiger partial charge in [-0.3, -0.25) is 4.99 Å². The van der Waals surface area contributed by atoms with Crippen LogP contribution in [0.5, 0.6) is 0 Å². The molecule has 1 N–H and O–H groups in total. The van der Waals surface area contributed by atoms with Crippen LogP contribution in [-0.2, 0) is 0 Å². The molecule has 0 aliphatic heterocycles. The molecule has 0 aliphatic carbocycles. The van der Waals surface area contributed by atoms with Gasteiger partial charge in [0.2, 0.25) is 0 Å². The second-order valence-electron chi connectivity index (χ2n) is 1.42. The molecular weight excluding hydrogens is 148 g/mol. The Morgan fingerprint density at radius 1 is 1.17 bits per heavy atom. The first-order valence-electron chi connectivity index (χ1n) is 4.46. The summed E-state index contributed by atoms with van der Waals surface area (Å²) < 4.78 is 0. The molecule has 0 saturated carbocycles. The summed E-state index contributed by atoms with van der Waals surface area (Å²) in [7, 11) is 0. The van der Waals surface area contributed by atoms with Crippen LogP contribution in [0.15, 0.2) is 16.8 Å². The molecule has 0 aromatic heterocycles.